The molecule has 1 rings (SSSR count). The maximum Gasteiger partial charge on any atom is 0.326 e. The third-order valence-electron chi connectivity index (χ3n) is 2.91. The van der Waals surface area contributed by atoms with Crippen molar-refractivity contribution in [3.8, 4) is 0 Å². The van der Waals surface area contributed by atoms with Gasteiger partial charge >= 0.3 is 5.97 Å². The van der Waals surface area contributed by atoms with Crippen LogP contribution in [0.3, 0.4) is 0 Å². The molecule has 1 atom stereocenters. The monoisotopic (exact) mass is 229 g/mol. The Hall–Kier alpha value is -1.10. The highest BCUT2D eigenvalue weighted by atomic mass is 16.4. The molecule has 0 aliphatic carbocycles. The molecule has 2 N–H and O–H groups in total. The van der Waals surface area contributed by atoms with Crippen LogP contribution in [0.25, 0.3) is 0 Å². The molecule has 0 aromatic carbocycles. The fraction of sp³-hybridized carbons (Fsp3) is 0.818. The van der Waals surface area contributed by atoms with E-state index in [2.05, 4.69) is 0 Å². The lowest BCUT2D eigenvalue weighted by Gasteiger charge is -2.21. The molecule has 92 valence electrons. The lowest BCUT2D eigenvalue weighted by molar-refractivity contribution is -0.148. The van der Waals surface area contributed by atoms with E-state index in [0.29, 0.717) is 25.8 Å². The number of rotatable bonds is 6. The highest BCUT2D eigenvalue weighted by molar-refractivity contribution is 5.84. The van der Waals surface area contributed by atoms with Crippen LogP contribution in [0.2, 0.25) is 0 Å². The van der Waals surface area contributed by atoms with Crippen LogP contribution in [0.1, 0.15) is 38.5 Å². The minimum atomic E-state index is -0.902. The van der Waals surface area contributed by atoms with Crippen molar-refractivity contribution < 1.29 is 19.8 Å². The number of hydrogen-bond acceptors (Lipinski definition) is 3. The van der Waals surface area contributed by atoms with Gasteiger partial charge in [-0.1, -0.05) is 6.42 Å². The molecule has 1 aliphatic heterocycles. The fourth-order valence-electron chi connectivity index (χ4n) is 2.03. The van der Waals surface area contributed by atoms with Crippen molar-refractivity contribution in [2.75, 3.05) is 13.2 Å². The Bertz CT molecular complexity index is 254. The molecule has 0 spiro atoms. The lowest BCUT2D eigenvalue weighted by Crippen LogP contribution is -2.40. The van der Waals surface area contributed by atoms with E-state index < -0.39 is 12.0 Å². The molecule has 1 amide bonds. The predicted octanol–water partition coefficient (Wildman–Crippen LogP) is 0.615. The Labute approximate surface area is 95.1 Å². The van der Waals surface area contributed by atoms with Gasteiger partial charge < -0.3 is 15.1 Å². The number of hydrogen-bond donors (Lipinski definition) is 2. The summed E-state index contributed by atoms with van der Waals surface area (Å²) in [7, 11) is 0. The van der Waals surface area contributed by atoms with Gasteiger partial charge in [-0.15, -0.1) is 0 Å². The molecule has 0 saturated carbocycles. The second kappa shape index (κ2) is 6.48. The second-order valence-corrected chi connectivity index (χ2v) is 4.12. The largest absolute Gasteiger partial charge is 0.480 e. The van der Waals surface area contributed by atoms with Gasteiger partial charge in [0.05, 0.1) is 0 Å². The van der Waals surface area contributed by atoms with Gasteiger partial charge in [-0.25, -0.2) is 4.79 Å². The molecule has 1 aliphatic rings. The summed E-state index contributed by atoms with van der Waals surface area (Å²) in [4.78, 5) is 24.1. The van der Waals surface area contributed by atoms with Gasteiger partial charge in [0.2, 0.25) is 5.91 Å². The number of aliphatic carboxylic acids is 1. The van der Waals surface area contributed by atoms with Gasteiger partial charge in [-0.05, 0) is 25.7 Å². The minimum absolute atomic E-state index is 0.0668. The number of amides is 1. The SMILES string of the molecule is O=C(O)[C@H]1CCCN1C(=O)CCCCCO. The smallest absolute Gasteiger partial charge is 0.326 e. The normalized spacial score (nSPS) is 20.1. The topological polar surface area (TPSA) is 77.8 Å². The Morgan fingerprint density at radius 3 is 2.62 bits per heavy atom. The van der Waals surface area contributed by atoms with E-state index in [1.165, 1.54) is 4.90 Å². The first-order chi connectivity index (χ1) is 7.66. The first-order valence-electron chi connectivity index (χ1n) is 5.80. The number of unbranched alkanes of at least 4 members (excludes halogenated alkanes) is 2. The molecule has 0 bridgehead atoms. The summed E-state index contributed by atoms with van der Waals surface area (Å²) in [5, 5.41) is 17.5. The maximum absolute atomic E-state index is 11.7. The molecule has 1 heterocycles. The number of carboxylic acids is 1. The third kappa shape index (κ3) is 3.48. The summed E-state index contributed by atoms with van der Waals surface area (Å²) >= 11 is 0. The predicted molar refractivity (Wildman–Crippen MR) is 57.9 cm³/mol. The van der Waals surface area contributed by atoms with Crippen molar-refractivity contribution >= 4 is 11.9 Å². The van der Waals surface area contributed by atoms with Gasteiger partial charge in [0, 0.05) is 19.6 Å². The van der Waals surface area contributed by atoms with Gasteiger partial charge in [-0.3, -0.25) is 4.79 Å². The molecular formula is C11H19NO4. The summed E-state index contributed by atoms with van der Waals surface area (Å²) in [6.45, 7) is 0.714. The van der Waals surface area contributed by atoms with Gasteiger partial charge in [0.1, 0.15) is 6.04 Å². The van der Waals surface area contributed by atoms with E-state index in [9.17, 15) is 9.59 Å². The minimum Gasteiger partial charge on any atom is -0.480 e. The summed E-state index contributed by atoms with van der Waals surface area (Å²) in [5.41, 5.74) is 0. The van der Waals surface area contributed by atoms with E-state index in [4.69, 9.17) is 10.2 Å². The molecule has 0 aromatic rings. The average Bonchev–Trinajstić information content (AvgIpc) is 2.73. The Morgan fingerprint density at radius 2 is 2.00 bits per heavy atom. The zero-order chi connectivity index (χ0) is 12.0. The molecule has 16 heavy (non-hydrogen) atoms. The number of likely N-dealkylation sites (tertiary alicyclic amines) is 1. The number of carbonyl (C=O) groups is 2. The molecule has 0 unspecified atom stereocenters. The zero-order valence-corrected chi connectivity index (χ0v) is 9.39. The van der Waals surface area contributed by atoms with Crippen molar-refractivity contribution in [2.45, 2.75) is 44.6 Å². The first-order valence-corrected chi connectivity index (χ1v) is 5.80. The highest BCUT2D eigenvalue weighted by Gasteiger charge is 2.33. The van der Waals surface area contributed by atoms with E-state index >= 15 is 0 Å². The summed E-state index contributed by atoms with van der Waals surface area (Å²) in [6.07, 6.45) is 3.98. The van der Waals surface area contributed by atoms with Crippen LogP contribution in [0.4, 0.5) is 0 Å². The van der Waals surface area contributed by atoms with Crippen LogP contribution in [-0.2, 0) is 9.59 Å². The molecule has 0 radical (unpaired) electrons. The van der Waals surface area contributed by atoms with Crippen molar-refractivity contribution in [1.82, 2.24) is 4.90 Å². The molecule has 1 saturated heterocycles. The van der Waals surface area contributed by atoms with E-state index in [1.807, 2.05) is 0 Å². The Morgan fingerprint density at radius 1 is 1.25 bits per heavy atom. The van der Waals surface area contributed by atoms with Crippen LogP contribution >= 0.6 is 0 Å². The number of carbonyl (C=O) groups excluding carboxylic acids is 1. The summed E-state index contributed by atoms with van der Waals surface area (Å²) in [5.74, 6) is -0.968. The van der Waals surface area contributed by atoms with Crippen LogP contribution in [0.15, 0.2) is 0 Å². The van der Waals surface area contributed by atoms with Crippen LogP contribution in [0, 0.1) is 0 Å². The van der Waals surface area contributed by atoms with Crippen LogP contribution < -0.4 is 0 Å². The number of carboxylic acid groups (broad SMARTS) is 1. The van der Waals surface area contributed by atoms with Crippen molar-refractivity contribution in [2.24, 2.45) is 0 Å². The first kappa shape index (κ1) is 13.0. The van der Waals surface area contributed by atoms with Gasteiger partial charge in [0.25, 0.3) is 0 Å². The van der Waals surface area contributed by atoms with Crippen LogP contribution in [-0.4, -0.2) is 46.2 Å². The van der Waals surface area contributed by atoms with Gasteiger partial charge in [-0.2, -0.15) is 0 Å². The maximum atomic E-state index is 11.7. The van der Waals surface area contributed by atoms with E-state index in [0.717, 1.165) is 19.3 Å². The zero-order valence-electron chi connectivity index (χ0n) is 9.39. The summed E-state index contributed by atoms with van der Waals surface area (Å²) < 4.78 is 0. The number of aliphatic hydroxyl groups is 1. The van der Waals surface area contributed by atoms with E-state index in [1.54, 1.807) is 0 Å². The highest BCUT2D eigenvalue weighted by Crippen LogP contribution is 2.19. The Kier molecular flexibility index (Phi) is 5.25. The van der Waals surface area contributed by atoms with E-state index in [-0.39, 0.29) is 12.5 Å². The number of nitrogens with zero attached hydrogens (tertiary/aromatic N) is 1. The third-order valence-corrected chi connectivity index (χ3v) is 2.91. The molecule has 5 heteroatoms. The summed E-state index contributed by atoms with van der Waals surface area (Å²) in [6, 6.07) is -0.620. The molecular weight excluding hydrogens is 210 g/mol. The molecule has 0 aromatic heterocycles. The quantitative estimate of drug-likeness (QED) is 0.654. The second-order valence-electron chi connectivity index (χ2n) is 4.12. The standard InChI is InChI=1S/C11H19NO4/c13-8-3-1-2-6-10(14)12-7-4-5-9(12)11(15)16/h9,13H,1-8H2,(H,15,16)/t9-/m1/s1. The lowest BCUT2D eigenvalue weighted by atomic mass is 10.1. The van der Waals surface area contributed by atoms with Gasteiger partial charge in [0.15, 0.2) is 0 Å². The average molecular weight is 229 g/mol. The van der Waals surface area contributed by atoms with Crippen molar-refractivity contribution in [3.63, 3.8) is 0 Å². The van der Waals surface area contributed by atoms with Crippen molar-refractivity contribution in [1.29, 1.82) is 0 Å². The van der Waals surface area contributed by atoms with Crippen LogP contribution in [0.5, 0.6) is 0 Å². The molecule has 1 fully saturated rings. The molecule has 5 nitrogen and oxygen atoms in total. The van der Waals surface area contributed by atoms with Crippen molar-refractivity contribution in [3.05, 3.63) is 0 Å². The Balaban J connectivity index is 2.32. The fourth-order valence-corrected chi connectivity index (χ4v) is 2.03. The number of aliphatic hydroxyl groups excluding tert-OH is 1.